The van der Waals surface area contributed by atoms with Crippen molar-refractivity contribution in [3.05, 3.63) is 54.1 Å². The molecule has 0 N–H and O–H groups in total. The highest BCUT2D eigenvalue weighted by molar-refractivity contribution is 5.89. The van der Waals surface area contributed by atoms with Gasteiger partial charge >= 0.3 is 5.97 Å². The number of methoxy groups -OCH3 is 3. The molecule has 0 aliphatic carbocycles. The number of esters is 1. The van der Waals surface area contributed by atoms with Crippen molar-refractivity contribution in [1.29, 1.82) is 0 Å². The quantitative estimate of drug-likeness (QED) is 0.465. The predicted molar refractivity (Wildman–Crippen MR) is 87.2 cm³/mol. The molecule has 0 saturated heterocycles. The summed E-state index contributed by atoms with van der Waals surface area (Å²) in [7, 11) is 4.58. The van der Waals surface area contributed by atoms with Gasteiger partial charge in [-0.1, -0.05) is 18.2 Å². The Morgan fingerprint density at radius 1 is 0.913 bits per heavy atom. The molecule has 5 heteroatoms. The molecule has 0 fully saturated rings. The molecule has 0 unspecified atom stereocenters. The Balaban J connectivity index is 2.14. The van der Waals surface area contributed by atoms with E-state index in [9.17, 15) is 4.79 Å². The van der Waals surface area contributed by atoms with Crippen LogP contribution in [0.15, 0.2) is 48.5 Å². The fourth-order valence-corrected chi connectivity index (χ4v) is 1.96. The van der Waals surface area contributed by atoms with E-state index in [-0.39, 0.29) is 5.75 Å². The van der Waals surface area contributed by atoms with Gasteiger partial charge < -0.3 is 18.9 Å². The first-order chi connectivity index (χ1) is 11.2. The fourth-order valence-electron chi connectivity index (χ4n) is 1.96. The number of para-hydroxylation sites is 1. The summed E-state index contributed by atoms with van der Waals surface area (Å²) in [6.07, 6.45) is 2.98. The first-order valence-electron chi connectivity index (χ1n) is 6.93. The van der Waals surface area contributed by atoms with E-state index in [1.54, 1.807) is 31.4 Å². The molecule has 5 nitrogen and oxygen atoms in total. The molecule has 2 aromatic rings. The van der Waals surface area contributed by atoms with Gasteiger partial charge in [0.25, 0.3) is 0 Å². The van der Waals surface area contributed by atoms with Gasteiger partial charge in [0, 0.05) is 6.08 Å². The highest BCUT2D eigenvalue weighted by Crippen LogP contribution is 2.36. The molecule has 0 heterocycles. The molecule has 0 spiro atoms. The fraction of sp³-hybridized carbons (Fsp3) is 0.167. The third kappa shape index (κ3) is 4.26. The van der Waals surface area contributed by atoms with Crippen molar-refractivity contribution in [2.24, 2.45) is 0 Å². The summed E-state index contributed by atoms with van der Waals surface area (Å²) in [6.45, 7) is 0. The Bertz CT molecular complexity index is 684. The van der Waals surface area contributed by atoms with Gasteiger partial charge in [-0.15, -0.1) is 0 Å². The van der Waals surface area contributed by atoms with Crippen LogP contribution in [-0.4, -0.2) is 27.3 Å². The molecule has 23 heavy (non-hydrogen) atoms. The molecule has 2 aromatic carbocycles. The van der Waals surface area contributed by atoms with E-state index in [1.165, 1.54) is 20.3 Å². The third-order valence-corrected chi connectivity index (χ3v) is 3.09. The maximum Gasteiger partial charge on any atom is 0.336 e. The minimum atomic E-state index is -0.532. The highest BCUT2D eigenvalue weighted by Gasteiger charge is 2.14. The number of benzene rings is 2. The van der Waals surface area contributed by atoms with Gasteiger partial charge in [-0.05, 0) is 35.9 Å². The van der Waals surface area contributed by atoms with Crippen molar-refractivity contribution in [1.82, 2.24) is 0 Å². The number of rotatable bonds is 6. The van der Waals surface area contributed by atoms with Crippen molar-refractivity contribution in [3.63, 3.8) is 0 Å². The number of carbonyl (C=O) groups is 1. The van der Waals surface area contributed by atoms with Gasteiger partial charge in [0.2, 0.25) is 5.75 Å². The van der Waals surface area contributed by atoms with Crippen LogP contribution < -0.4 is 18.9 Å². The minimum absolute atomic E-state index is 0.248. The van der Waals surface area contributed by atoms with Crippen LogP contribution in [0.2, 0.25) is 0 Å². The second-order valence-corrected chi connectivity index (χ2v) is 4.52. The largest absolute Gasteiger partial charge is 0.497 e. The molecule has 120 valence electrons. The zero-order valence-corrected chi connectivity index (χ0v) is 13.2. The lowest BCUT2D eigenvalue weighted by Gasteiger charge is -2.11. The Morgan fingerprint density at radius 3 is 2.17 bits per heavy atom. The Hall–Kier alpha value is -2.95. The highest BCUT2D eigenvalue weighted by atomic mass is 16.6. The number of carbonyl (C=O) groups excluding carboxylic acids is 1. The van der Waals surface area contributed by atoms with Crippen molar-refractivity contribution in [3.8, 4) is 23.0 Å². The van der Waals surface area contributed by atoms with Crippen LogP contribution in [0.1, 0.15) is 5.56 Å². The Labute approximate surface area is 135 Å². The second-order valence-electron chi connectivity index (χ2n) is 4.52. The first kappa shape index (κ1) is 16.4. The lowest BCUT2D eigenvalue weighted by Crippen LogP contribution is -2.06. The maximum atomic E-state index is 12.0. The minimum Gasteiger partial charge on any atom is -0.497 e. The van der Waals surface area contributed by atoms with Crippen LogP contribution in [-0.2, 0) is 4.79 Å². The van der Waals surface area contributed by atoms with Gasteiger partial charge in [0.05, 0.1) is 21.3 Å². The first-order valence-corrected chi connectivity index (χ1v) is 6.93. The van der Waals surface area contributed by atoms with Gasteiger partial charge in [-0.3, -0.25) is 0 Å². The van der Waals surface area contributed by atoms with Gasteiger partial charge in [-0.25, -0.2) is 4.79 Å². The van der Waals surface area contributed by atoms with Crippen LogP contribution >= 0.6 is 0 Å². The van der Waals surface area contributed by atoms with E-state index in [2.05, 4.69) is 0 Å². The summed E-state index contributed by atoms with van der Waals surface area (Å²) in [6, 6.07) is 12.5. The number of hydrogen-bond acceptors (Lipinski definition) is 5. The monoisotopic (exact) mass is 314 g/mol. The average Bonchev–Trinajstić information content (AvgIpc) is 2.60. The summed E-state index contributed by atoms with van der Waals surface area (Å²) in [5.74, 6) is 1.28. The molecule has 0 saturated carbocycles. The second kappa shape index (κ2) is 7.89. The lowest BCUT2D eigenvalue weighted by atomic mass is 10.2. The third-order valence-electron chi connectivity index (χ3n) is 3.09. The van der Waals surface area contributed by atoms with E-state index in [0.717, 1.165) is 5.56 Å². The number of ether oxygens (including phenoxy) is 4. The van der Waals surface area contributed by atoms with Crippen molar-refractivity contribution in [2.45, 2.75) is 0 Å². The normalized spacial score (nSPS) is 10.4. The predicted octanol–water partition coefficient (Wildman–Crippen LogP) is 3.33. The molecule has 0 aromatic heterocycles. The molecule has 0 atom stereocenters. The molecule has 0 bridgehead atoms. The average molecular weight is 314 g/mol. The molecule has 2 rings (SSSR count). The summed E-state index contributed by atoms with van der Waals surface area (Å²) in [4.78, 5) is 12.0. The van der Waals surface area contributed by atoms with E-state index >= 15 is 0 Å². The van der Waals surface area contributed by atoms with Crippen molar-refractivity contribution < 1.29 is 23.7 Å². The topological polar surface area (TPSA) is 54.0 Å². The van der Waals surface area contributed by atoms with Gasteiger partial charge in [0.1, 0.15) is 5.75 Å². The standard InChI is InChI=1S/C18H18O5/c1-20-14-7-4-6-13(12-14)10-11-17(19)23-18-15(21-2)8-5-9-16(18)22-3/h4-12H,1-3H3/b11-10+. The van der Waals surface area contributed by atoms with Gasteiger partial charge in [-0.2, -0.15) is 0 Å². The molecule has 0 aliphatic rings. The lowest BCUT2D eigenvalue weighted by molar-refractivity contribution is -0.129. The van der Waals surface area contributed by atoms with Crippen LogP contribution in [0.3, 0.4) is 0 Å². The summed E-state index contributed by atoms with van der Waals surface area (Å²) >= 11 is 0. The Morgan fingerprint density at radius 2 is 1.57 bits per heavy atom. The zero-order valence-electron chi connectivity index (χ0n) is 13.2. The smallest absolute Gasteiger partial charge is 0.336 e. The zero-order chi connectivity index (χ0) is 16.7. The van der Waals surface area contributed by atoms with Gasteiger partial charge in [0.15, 0.2) is 11.5 Å². The summed E-state index contributed by atoms with van der Waals surface area (Å²) < 4.78 is 20.8. The molecule has 0 radical (unpaired) electrons. The molecular weight excluding hydrogens is 296 g/mol. The van der Waals surface area contributed by atoms with Crippen LogP contribution in [0.4, 0.5) is 0 Å². The van der Waals surface area contributed by atoms with E-state index in [0.29, 0.717) is 17.2 Å². The summed E-state index contributed by atoms with van der Waals surface area (Å²) in [5.41, 5.74) is 0.827. The molecule has 0 aliphatic heterocycles. The summed E-state index contributed by atoms with van der Waals surface area (Å²) in [5, 5.41) is 0. The van der Waals surface area contributed by atoms with Crippen molar-refractivity contribution in [2.75, 3.05) is 21.3 Å². The Kier molecular flexibility index (Phi) is 5.63. The van der Waals surface area contributed by atoms with Crippen LogP contribution in [0.5, 0.6) is 23.0 Å². The van der Waals surface area contributed by atoms with E-state index in [1.807, 2.05) is 24.3 Å². The SMILES string of the molecule is COc1cccc(/C=C/C(=O)Oc2c(OC)cccc2OC)c1. The molecular formula is C18H18O5. The van der Waals surface area contributed by atoms with Crippen molar-refractivity contribution >= 4 is 12.0 Å². The number of hydrogen-bond donors (Lipinski definition) is 0. The van der Waals surface area contributed by atoms with E-state index < -0.39 is 5.97 Å². The van der Waals surface area contributed by atoms with Crippen LogP contribution in [0, 0.1) is 0 Å². The molecule has 0 amide bonds. The van der Waals surface area contributed by atoms with E-state index in [4.69, 9.17) is 18.9 Å². The maximum absolute atomic E-state index is 12.0. The van der Waals surface area contributed by atoms with Crippen LogP contribution in [0.25, 0.3) is 6.08 Å².